The van der Waals surface area contributed by atoms with Gasteiger partial charge in [0.1, 0.15) is 5.82 Å². The van der Waals surface area contributed by atoms with E-state index in [-0.39, 0.29) is 18.0 Å². The van der Waals surface area contributed by atoms with Gasteiger partial charge in [0.15, 0.2) is 0 Å². The molecule has 104 valence electrons. The van der Waals surface area contributed by atoms with Crippen LogP contribution >= 0.6 is 0 Å². The van der Waals surface area contributed by atoms with Crippen molar-refractivity contribution in [1.82, 2.24) is 5.32 Å². The Kier molecular flexibility index (Phi) is 4.94. The van der Waals surface area contributed by atoms with Crippen molar-refractivity contribution < 1.29 is 19.2 Å². The van der Waals surface area contributed by atoms with Gasteiger partial charge in [-0.1, -0.05) is 13.8 Å². The molecular weight excluding hydrogens is 255 g/mol. The van der Waals surface area contributed by atoms with Crippen molar-refractivity contribution >= 4 is 11.6 Å². The van der Waals surface area contributed by atoms with Crippen LogP contribution in [0.15, 0.2) is 18.2 Å². The molecule has 0 aliphatic heterocycles. The van der Waals surface area contributed by atoms with E-state index in [9.17, 15) is 24.4 Å². The normalized spacial score (nSPS) is 12.3. The lowest BCUT2D eigenvalue weighted by Crippen LogP contribution is -2.34. The molecule has 0 spiro atoms. The second kappa shape index (κ2) is 6.24. The van der Waals surface area contributed by atoms with Crippen LogP contribution in [0, 0.1) is 21.8 Å². The van der Waals surface area contributed by atoms with Crippen molar-refractivity contribution in [2.24, 2.45) is 5.92 Å². The molecule has 1 aromatic rings. The summed E-state index contributed by atoms with van der Waals surface area (Å²) in [4.78, 5) is 21.5. The van der Waals surface area contributed by atoms with Crippen LogP contribution in [0.25, 0.3) is 0 Å². The fourth-order valence-corrected chi connectivity index (χ4v) is 1.35. The summed E-state index contributed by atoms with van der Waals surface area (Å²) in [5, 5.41) is 22.5. The van der Waals surface area contributed by atoms with Crippen molar-refractivity contribution in [1.29, 1.82) is 0 Å². The molecule has 1 unspecified atom stereocenters. The average Bonchev–Trinajstić information content (AvgIpc) is 2.34. The summed E-state index contributed by atoms with van der Waals surface area (Å²) in [6.07, 6.45) is -0.729. The van der Waals surface area contributed by atoms with E-state index in [1.165, 1.54) is 0 Å². The van der Waals surface area contributed by atoms with E-state index in [1.54, 1.807) is 13.8 Å². The SMILES string of the molecule is CC(C)C(O)CNC(=O)c1cc(F)cc([N+](=O)[O-])c1. The number of nitrogens with zero attached hydrogens (tertiary/aromatic N) is 1. The quantitative estimate of drug-likeness (QED) is 0.626. The fourth-order valence-electron chi connectivity index (χ4n) is 1.35. The Morgan fingerprint density at radius 3 is 2.63 bits per heavy atom. The molecule has 0 saturated heterocycles. The third-order valence-electron chi connectivity index (χ3n) is 2.60. The van der Waals surface area contributed by atoms with Crippen LogP contribution in [0.3, 0.4) is 0 Å². The van der Waals surface area contributed by atoms with E-state index >= 15 is 0 Å². The number of carbonyl (C=O) groups is 1. The van der Waals surface area contributed by atoms with E-state index in [4.69, 9.17) is 0 Å². The molecule has 0 saturated carbocycles. The molecule has 0 heterocycles. The fraction of sp³-hybridized carbons (Fsp3) is 0.417. The number of aliphatic hydroxyl groups is 1. The molecule has 6 nitrogen and oxygen atoms in total. The monoisotopic (exact) mass is 270 g/mol. The number of carbonyl (C=O) groups excluding carboxylic acids is 1. The van der Waals surface area contributed by atoms with Crippen molar-refractivity contribution in [3.8, 4) is 0 Å². The molecule has 7 heteroatoms. The lowest BCUT2D eigenvalue weighted by molar-refractivity contribution is -0.385. The highest BCUT2D eigenvalue weighted by molar-refractivity contribution is 5.94. The predicted molar refractivity (Wildman–Crippen MR) is 66.2 cm³/mol. The first-order chi connectivity index (χ1) is 8.81. The first-order valence-electron chi connectivity index (χ1n) is 5.72. The molecule has 19 heavy (non-hydrogen) atoms. The number of non-ortho nitro benzene ring substituents is 1. The Hall–Kier alpha value is -2.02. The summed E-state index contributed by atoms with van der Waals surface area (Å²) in [5.74, 6) is -1.56. The van der Waals surface area contributed by atoms with E-state index in [0.29, 0.717) is 0 Å². The first kappa shape index (κ1) is 15.0. The molecule has 0 fully saturated rings. The molecule has 0 aromatic heterocycles. The van der Waals surface area contributed by atoms with Gasteiger partial charge in [-0.15, -0.1) is 0 Å². The number of rotatable bonds is 5. The number of aliphatic hydroxyl groups excluding tert-OH is 1. The van der Waals surface area contributed by atoms with Crippen LogP contribution in [0.2, 0.25) is 0 Å². The Bertz CT molecular complexity index is 491. The van der Waals surface area contributed by atoms with E-state index in [0.717, 1.165) is 18.2 Å². The summed E-state index contributed by atoms with van der Waals surface area (Å²) in [6.45, 7) is 3.56. The predicted octanol–water partition coefficient (Wildman–Crippen LogP) is 1.48. The standard InChI is InChI=1S/C12H15FN2O4/c1-7(2)11(16)6-14-12(17)8-3-9(13)5-10(4-8)15(18)19/h3-5,7,11,16H,6H2,1-2H3,(H,14,17). The van der Waals surface area contributed by atoms with E-state index in [2.05, 4.69) is 5.32 Å². The molecule has 0 bridgehead atoms. The van der Waals surface area contributed by atoms with Crippen LogP contribution in [0.5, 0.6) is 0 Å². The summed E-state index contributed by atoms with van der Waals surface area (Å²) < 4.78 is 13.1. The number of nitro groups is 1. The van der Waals surface area contributed by atoms with Crippen LogP contribution in [-0.2, 0) is 0 Å². The van der Waals surface area contributed by atoms with Crippen LogP contribution in [0.1, 0.15) is 24.2 Å². The van der Waals surface area contributed by atoms with Gasteiger partial charge in [-0.25, -0.2) is 4.39 Å². The van der Waals surface area contributed by atoms with Crippen molar-refractivity contribution in [3.05, 3.63) is 39.7 Å². The number of nitrogens with one attached hydrogen (secondary N) is 1. The van der Waals surface area contributed by atoms with Gasteiger partial charge in [-0.2, -0.15) is 0 Å². The number of amides is 1. The van der Waals surface area contributed by atoms with Gasteiger partial charge >= 0.3 is 0 Å². The Morgan fingerprint density at radius 2 is 2.11 bits per heavy atom. The molecule has 1 atom stereocenters. The topological polar surface area (TPSA) is 92.5 Å². The molecule has 0 radical (unpaired) electrons. The van der Waals surface area contributed by atoms with Crippen LogP contribution in [-0.4, -0.2) is 28.6 Å². The number of benzene rings is 1. The molecule has 0 aliphatic rings. The summed E-state index contributed by atoms with van der Waals surface area (Å²) in [6, 6.07) is 2.63. The lowest BCUT2D eigenvalue weighted by atomic mass is 10.1. The summed E-state index contributed by atoms with van der Waals surface area (Å²) in [7, 11) is 0. The largest absolute Gasteiger partial charge is 0.391 e. The minimum Gasteiger partial charge on any atom is -0.391 e. The number of nitro benzene ring substituents is 1. The van der Waals surface area contributed by atoms with Gasteiger partial charge in [-0.05, 0) is 12.0 Å². The summed E-state index contributed by atoms with van der Waals surface area (Å²) >= 11 is 0. The number of halogens is 1. The zero-order valence-corrected chi connectivity index (χ0v) is 10.6. The highest BCUT2D eigenvalue weighted by Crippen LogP contribution is 2.16. The van der Waals surface area contributed by atoms with Gasteiger partial charge in [0.25, 0.3) is 11.6 Å². The number of hydrogen-bond acceptors (Lipinski definition) is 4. The minimum absolute atomic E-state index is 0.000805. The van der Waals surface area contributed by atoms with E-state index in [1.807, 2.05) is 0 Å². The van der Waals surface area contributed by atoms with Gasteiger partial charge < -0.3 is 10.4 Å². The van der Waals surface area contributed by atoms with E-state index < -0.39 is 28.4 Å². The Morgan fingerprint density at radius 1 is 1.47 bits per heavy atom. The third kappa shape index (κ3) is 4.29. The average molecular weight is 270 g/mol. The molecular formula is C12H15FN2O4. The zero-order chi connectivity index (χ0) is 14.6. The molecule has 1 amide bonds. The van der Waals surface area contributed by atoms with Gasteiger partial charge in [-0.3, -0.25) is 14.9 Å². The Balaban J connectivity index is 2.80. The summed E-state index contributed by atoms with van der Waals surface area (Å²) in [5.41, 5.74) is -0.641. The van der Waals surface area contributed by atoms with Gasteiger partial charge in [0.2, 0.25) is 0 Å². The maximum Gasteiger partial charge on any atom is 0.273 e. The van der Waals surface area contributed by atoms with Crippen LogP contribution < -0.4 is 5.32 Å². The maximum absolute atomic E-state index is 13.1. The minimum atomic E-state index is -0.858. The van der Waals surface area contributed by atoms with Crippen molar-refractivity contribution in [2.75, 3.05) is 6.54 Å². The zero-order valence-electron chi connectivity index (χ0n) is 10.6. The van der Waals surface area contributed by atoms with Crippen LogP contribution in [0.4, 0.5) is 10.1 Å². The number of hydrogen-bond donors (Lipinski definition) is 2. The van der Waals surface area contributed by atoms with Crippen molar-refractivity contribution in [2.45, 2.75) is 20.0 Å². The Labute approximate surface area is 109 Å². The molecule has 1 aromatic carbocycles. The molecule has 0 aliphatic carbocycles. The highest BCUT2D eigenvalue weighted by atomic mass is 19.1. The second-order valence-corrected chi connectivity index (χ2v) is 4.48. The van der Waals surface area contributed by atoms with Gasteiger partial charge in [0, 0.05) is 18.2 Å². The lowest BCUT2D eigenvalue weighted by Gasteiger charge is -2.14. The smallest absolute Gasteiger partial charge is 0.273 e. The molecule has 1 rings (SSSR count). The molecule has 2 N–H and O–H groups in total. The highest BCUT2D eigenvalue weighted by Gasteiger charge is 2.16. The maximum atomic E-state index is 13.1. The first-order valence-corrected chi connectivity index (χ1v) is 5.72. The van der Waals surface area contributed by atoms with Crippen molar-refractivity contribution in [3.63, 3.8) is 0 Å². The second-order valence-electron chi connectivity index (χ2n) is 4.48. The third-order valence-corrected chi connectivity index (χ3v) is 2.60. The van der Waals surface area contributed by atoms with Gasteiger partial charge in [0.05, 0.1) is 17.1 Å².